The van der Waals surface area contributed by atoms with Crippen molar-refractivity contribution in [2.45, 2.75) is 31.6 Å². The van der Waals surface area contributed by atoms with Gasteiger partial charge in [0, 0.05) is 17.4 Å². The molecule has 2 aromatic heterocycles. The van der Waals surface area contributed by atoms with Crippen LogP contribution in [0.4, 0.5) is 11.6 Å². The summed E-state index contributed by atoms with van der Waals surface area (Å²) in [6.07, 6.45) is 8.78. The van der Waals surface area contributed by atoms with Gasteiger partial charge in [-0.1, -0.05) is 31.0 Å². The lowest BCUT2D eigenvalue weighted by Gasteiger charge is -2.12. The number of aromatic amines is 1. The third kappa shape index (κ3) is 3.28. The lowest BCUT2D eigenvalue weighted by molar-refractivity contribution is 0.723. The molecule has 5 heteroatoms. The summed E-state index contributed by atoms with van der Waals surface area (Å²) in [6, 6.07) is 16.7. The number of nitrogens with one attached hydrogen (secondary N) is 2. The third-order valence-corrected chi connectivity index (χ3v) is 5.34. The number of hydrogen-bond acceptors (Lipinski definition) is 4. The summed E-state index contributed by atoms with van der Waals surface area (Å²) >= 11 is 0. The van der Waals surface area contributed by atoms with Crippen molar-refractivity contribution in [3.05, 3.63) is 66.6 Å². The number of imidazole rings is 1. The molecule has 0 atom stereocenters. The molecular weight excluding hydrogens is 334 g/mol. The Hall–Kier alpha value is -3.21. The van der Waals surface area contributed by atoms with Crippen LogP contribution in [0.1, 0.15) is 37.2 Å². The summed E-state index contributed by atoms with van der Waals surface area (Å²) in [5.41, 5.74) is 6.34. The lowest BCUT2D eigenvalue weighted by atomic mass is 9.97. The number of nitrogens with zero attached hydrogens (tertiary/aromatic N) is 3. The number of fused-ring (bicyclic) bond motifs is 1. The van der Waals surface area contributed by atoms with E-state index < -0.39 is 0 Å². The first-order chi connectivity index (χ1) is 13.3. The molecule has 2 aromatic carbocycles. The minimum atomic E-state index is 0.612. The Morgan fingerprint density at radius 2 is 1.89 bits per heavy atom. The highest BCUT2D eigenvalue weighted by atomic mass is 15.1. The zero-order valence-electron chi connectivity index (χ0n) is 15.0. The first kappa shape index (κ1) is 16.0. The first-order valence-corrected chi connectivity index (χ1v) is 9.49. The Morgan fingerprint density at radius 3 is 2.81 bits per heavy atom. The summed E-state index contributed by atoms with van der Waals surface area (Å²) in [7, 11) is 0. The summed E-state index contributed by atoms with van der Waals surface area (Å²) in [5.74, 6) is 1.31. The maximum absolute atomic E-state index is 4.70. The zero-order valence-corrected chi connectivity index (χ0v) is 15.0. The Bertz CT molecular complexity index is 1080. The van der Waals surface area contributed by atoms with Crippen molar-refractivity contribution >= 4 is 22.7 Å². The minimum Gasteiger partial charge on any atom is -0.345 e. The summed E-state index contributed by atoms with van der Waals surface area (Å²) in [4.78, 5) is 16.5. The van der Waals surface area contributed by atoms with Crippen LogP contribution < -0.4 is 5.32 Å². The SMILES string of the molecule is c1cc(Nc2nccc(-c3ccc4nc[nH]c4c3)n2)cc(C2CCCC2)c1. The molecule has 0 aliphatic heterocycles. The van der Waals surface area contributed by atoms with Crippen LogP contribution in [0.15, 0.2) is 61.1 Å². The standard InChI is InChI=1S/C22H21N5/c1-2-5-15(4-1)16-6-3-7-18(12-16)26-22-23-11-10-19(27-22)17-8-9-20-21(13-17)25-14-24-20/h3,6-15H,1-2,4-5H2,(H,24,25)(H,23,26,27). The number of rotatable bonds is 4. The predicted molar refractivity (Wildman–Crippen MR) is 108 cm³/mol. The summed E-state index contributed by atoms with van der Waals surface area (Å²) in [5, 5.41) is 3.37. The molecule has 0 saturated heterocycles. The lowest BCUT2D eigenvalue weighted by Crippen LogP contribution is -1.99. The average molecular weight is 355 g/mol. The molecular formula is C22H21N5. The Morgan fingerprint density at radius 1 is 0.963 bits per heavy atom. The number of aromatic nitrogens is 4. The van der Waals surface area contributed by atoms with E-state index in [1.807, 2.05) is 18.2 Å². The van der Waals surface area contributed by atoms with Crippen LogP contribution in [-0.2, 0) is 0 Å². The maximum Gasteiger partial charge on any atom is 0.227 e. The second kappa shape index (κ2) is 6.83. The Kier molecular flexibility index (Phi) is 4.05. The van der Waals surface area contributed by atoms with Gasteiger partial charge in [-0.25, -0.2) is 15.0 Å². The Labute approximate surface area is 157 Å². The van der Waals surface area contributed by atoms with Crippen LogP contribution in [-0.4, -0.2) is 19.9 Å². The quantitative estimate of drug-likeness (QED) is 0.513. The fourth-order valence-corrected chi connectivity index (χ4v) is 3.93. The van der Waals surface area contributed by atoms with E-state index in [1.165, 1.54) is 31.2 Å². The second-order valence-corrected chi connectivity index (χ2v) is 7.13. The summed E-state index contributed by atoms with van der Waals surface area (Å²) < 4.78 is 0. The van der Waals surface area contributed by atoms with E-state index in [4.69, 9.17) is 4.98 Å². The van der Waals surface area contributed by atoms with Crippen molar-refractivity contribution in [2.75, 3.05) is 5.32 Å². The molecule has 1 aliphatic rings. The molecule has 4 aromatic rings. The van der Waals surface area contributed by atoms with E-state index in [1.54, 1.807) is 12.5 Å². The fourth-order valence-electron chi connectivity index (χ4n) is 3.93. The molecule has 134 valence electrons. The molecule has 0 spiro atoms. The van der Waals surface area contributed by atoms with Crippen molar-refractivity contribution in [1.82, 2.24) is 19.9 Å². The summed E-state index contributed by atoms with van der Waals surface area (Å²) in [6.45, 7) is 0. The van der Waals surface area contributed by atoms with Gasteiger partial charge in [-0.15, -0.1) is 0 Å². The molecule has 1 fully saturated rings. The molecule has 0 radical (unpaired) electrons. The molecule has 0 unspecified atom stereocenters. The van der Waals surface area contributed by atoms with E-state index in [0.29, 0.717) is 11.9 Å². The van der Waals surface area contributed by atoms with Crippen LogP contribution in [0.5, 0.6) is 0 Å². The molecule has 5 rings (SSSR count). The van der Waals surface area contributed by atoms with Gasteiger partial charge in [0.15, 0.2) is 0 Å². The largest absolute Gasteiger partial charge is 0.345 e. The molecule has 0 amide bonds. The number of H-pyrrole nitrogens is 1. The van der Waals surface area contributed by atoms with Crippen LogP contribution >= 0.6 is 0 Å². The highest BCUT2D eigenvalue weighted by Gasteiger charge is 2.17. The van der Waals surface area contributed by atoms with Crippen molar-refractivity contribution < 1.29 is 0 Å². The molecule has 2 N–H and O–H groups in total. The predicted octanol–water partition coefficient (Wildman–Crippen LogP) is 5.42. The van der Waals surface area contributed by atoms with E-state index >= 15 is 0 Å². The Balaban J connectivity index is 1.41. The molecule has 5 nitrogen and oxygen atoms in total. The van der Waals surface area contributed by atoms with Gasteiger partial charge in [-0.3, -0.25) is 0 Å². The van der Waals surface area contributed by atoms with Crippen molar-refractivity contribution in [1.29, 1.82) is 0 Å². The first-order valence-electron chi connectivity index (χ1n) is 9.49. The topological polar surface area (TPSA) is 66.5 Å². The number of hydrogen-bond donors (Lipinski definition) is 2. The highest BCUT2D eigenvalue weighted by Crippen LogP contribution is 2.35. The molecule has 27 heavy (non-hydrogen) atoms. The molecule has 0 bridgehead atoms. The van der Waals surface area contributed by atoms with Gasteiger partial charge in [0.2, 0.25) is 5.95 Å². The van der Waals surface area contributed by atoms with Crippen molar-refractivity contribution in [3.63, 3.8) is 0 Å². The molecule has 1 aliphatic carbocycles. The monoisotopic (exact) mass is 355 g/mol. The smallest absolute Gasteiger partial charge is 0.227 e. The van der Waals surface area contributed by atoms with Crippen LogP contribution in [0.3, 0.4) is 0 Å². The van der Waals surface area contributed by atoms with Gasteiger partial charge in [0.05, 0.1) is 23.1 Å². The third-order valence-electron chi connectivity index (χ3n) is 5.34. The minimum absolute atomic E-state index is 0.612. The van der Waals surface area contributed by atoms with Crippen LogP contribution in [0.25, 0.3) is 22.3 Å². The normalized spacial score (nSPS) is 14.7. The second-order valence-electron chi connectivity index (χ2n) is 7.13. The van der Waals surface area contributed by atoms with E-state index in [2.05, 4.69) is 50.6 Å². The van der Waals surface area contributed by atoms with Gasteiger partial charge in [-0.05, 0) is 54.7 Å². The highest BCUT2D eigenvalue weighted by molar-refractivity contribution is 5.80. The van der Waals surface area contributed by atoms with Gasteiger partial charge in [0.1, 0.15) is 0 Å². The molecule has 1 saturated carbocycles. The average Bonchev–Trinajstić information content (AvgIpc) is 3.40. The van der Waals surface area contributed by atoms with Crippen molar-refractivity contribution in [2.24, 2.45) is 0 Å². The van der Waals surface area contributed by atoms with Crippen LogP contribution in [0.2, 0.25) is 0 Å². The zero-order chi connectivity index (χ0) is 18.1. The fraction of sp³-hybridized carbons (Fsp3) is 0.227. The van der Waals surface area contributed by atoms with E-state index in [-0.39, 0.29) is 0 Å². The maximum atomic E-state index is 4.70. The van der Waals surface area contributed by atoms with Crippen LogP contribution in [0, 0.1) is 0 Å². The molecule has 2 heterocycles. The van der Waals surface area contributed by atoms with E-state index in [9.17, 15) is 0 Å². The number of benzene rings is 2. The van der Waals surface area contributed by atoms with Gasteiger partial charge in [0.25, 0.3) is 0 Å². The van der Waals surface area contributed by atoms with Gasteiger partial charge < -0.3 is 10.3 Å². The number of anilines is 2. The van der Waals surface area contributed by atoms with E-state index in [0.717, 1.165) is 28.0 Å². The van der Waals surface area contributed by atoms with Gasteiger partial charge in [-0.2, -0.15) is 0 Å². The van der Waals surface area contributed by atoms with Crippen molar-refractivity contribution in [3.8, 4) is 11.3 Å². The van der Waals surface area contributed by atoms with Gasteiger partial charge >= 0.3 is 0 Å².